The van der Waals surface area contributed by atoms with Crippen molar-refractivity contribution in [1.29, 1.82) is 0 Å². The molecule has 0 radical (unpaired) electrons. The molecular weight excluding hydrogens is 302 g/mol. The number of nitrogens with one attached hydrogen (secondary N) is 1. The lowest BCUT2D eigenvalue weighted by Gasteiger charge is -2.18. The molecule has 2 N–H and O–H groups in total. The summed E-state index contributed by atoms with van der Waals surface area (Å²) in [4.78, 5) is 23.2. The number of carboxylic acids is 1. The quantitative estimate of drug-likeness (QED) is 0.876. The molecule has 0 unspecified atom stereocenters. The second-order valence-corrected chi connectivity index (χ2v) is 6.99. The maximum Gasteiger partial charge on any atom is 0.306 e. The van der Waals surface area contributed by atoms with Crippen molar-refractivity contribution in [2.45, 2.75) is 37.5 Å². The molecule has 1 aromatic carbocycles. The Morgan fingerprint density at radius 1 is 1.18 bits per heavy atom. The van der Waals surface area contributed by atoms with Crippen LogP contribution in [0, 0.1) is 11.8 Å². The number of hydrogen-bond donors (Lipinski definition) is 2. The minimum absolute atomic E-state index is 0.00369. The fraction of sp³-hybridized carbons (Fsp3) is 0.529. The Morgan fingerprint density at radius 2 is 1.82 bits per heavy atom. The van der Waals surface area contributed by atoms with Crippen LogP contribution in [0.5, 0.6) is 0 Å². The fourth-order valence-electron chi connectivity index (χ4n) is 3.37. The van der Waals surface area contributed by atoms with E-state index in [0.29, 0.717) is 30.8 Å². The minimum atomic E-state index is -0.782. The van der Waals surface area contributed by atoms with Gasteiger partial charge >= 0.3 is 5.97 Å². The zero-order valence-corrected chi connectivity index (χ0v) is 13.1. The van der Waals surface area contributed by atoms with E-state index in [4.69, 9.17) is 16.7 Å². The predicted octanol–water partition coefficient (Wildman–Crippen LogP) is 2.99. The van der Waals surface area contributed by atoms with Gasteiger partial charge < -0.3 is 10.4 Å². The number of halogens is 1. The van der Waals surface area contributed by atoms with Gasteiger partial charge in [0, 0.05) is 22.9 Å². The van der Waals surface area contributed by atoms with Crippen LogP contribution >= 0.6 is 11.6 Å². The smallest absolute Gasteiger partial charge is 0.306 e. The van der Waals surface area contributed by atoms with Gasteiger partial charge in [0.1, 0.15) is 0 Å². The number of hydrogen-bond acceptors (Lipinski definition) is 2. The lowest BCUT2D eigenvalue weighted by atomic mass is 9.95. The third-order valence-electron chi connectivity index (χ3n) is 5.06. The van der Waals surface area contributed by atoms with Crippen LogP contribution in [0.2, 0.25) is 5.02 Å². The summed E-state index contributed by atoms with van der Waals surface area (Å²) < 4.78 is 0. The molecule has 2 aliphatic rings. The van der Waals surface area contributed by atoms with Gasteiger partial charge in [0.05, 0.1) is 5.92 Å². The van der Waals surface area contributed by atoms with E-state index in [2.05, 4.69) is 5.32 Å². The third-order valence-corrected chi connectivity index (χ3v) is 5.32. The minimum Gasteiger partial charge on any atom is -0.481 e. The molecule has 0 spiro atoms. The highest BCUT2D eigenvalue weighted by Gasteiger charge is 2.45. The average Bonchev–Trinajstić information content (AvgIpc) is 3.11. The van der Waals surface area contributed by atoms with E-state index in [1.54, 1.807) is 0 Å². The highest BCUT2D eigenvalue weighted by molar-refractivity contribution is 6.30. The molecule has 3 rings (SSSR count). The highest BCUT2D eigenvalue weighted by Crippen LogP contribution is 2.48. The van der Waals surface area contributed by atoms with Crippen LogP contribution in [-0.4, -0.2) is 23.5 Å². The Morgan fingerprint density at radius 3 is 2.36 bits per heavy atom. The largest absolute Gasteiger partial charge is 0.481 e. The molecule has 2 aliphatic carbocycles. The zero-order valence-electron chi connectivity index (χ0n) is 12.3. The molecular formula is C17H20ClNO3. The molecule has 4 nitrogen and oxygen atoms in total. The molecule has 0 aromatic heterocycles. The number of carboxylic acid groups (broad SMARTS) is 1. The van der Waals surface area contributed by atoms with Crippen LogP contribution in [0.25, 0.3) is 0 Å². The van der Waals surface area contributed by atoms with E-state index in [-0.39, 0.29) is 23.2 Å². The first-order valence-corrected chi connectivity index (χ1v) is 8.14. The van der Waals surface area contributed by atoms with Crippen LogP contribution in [0.4, 0.5) is 0 Å². The van der Waals surface area contributed by atoms with E-state index in [1.807, 2.05) is 24.3 Å². The summed E-state index contributed by atoms with van der Waals surface area (Å²) in [5, 5.41) is 12.8. The van der Waals surface area contributed by atoms with Crippen molar-refractivity contribution < 1.29 is 14.7 Å². The Hall–Kier alpha value is -1.55. The molecule has 2 fully saturated rings. The summed E-state index contributed by atoms with van der Waals surface area (Å²) in [6.45, 7) is 0.627. The van der Waals surface area contributed by atoms with Gasteiger partial charge in [-0.2, -0.15) is 0 Å². The van der Waals surface area contributed by atoms with Crippen molar-refractivity contribution in [2.24, 2.45) is 11.8 Å². The van der Waals surface area contributed by atoms with Gasteiger partial charge in [-0.25, -0.2) is 0 Å². The topological polar surface area (TPSA) is 66.4 Å². The highest BCUT2D eigenvalue weighted by atomic mass is 35.5. The number of amides is 1. The summed E-state index contributed by atoms with van der Waals surface area (Å²) in [6.07, 6.45) is 3.89. The monoisotopic (exact) mass is 321 g/mol. The molecule has 1 aromatic rings. The Balaban J connectivity index is 1.55. The molecule has 5 heteroatoms. The summed E-state index contributed by atoms with van der Waals surface area (Å²) in [5.74, 6) is -1.29. The number of carbonyl (C=O) groups is 2. The standard InChI is InChI=1S/C17H20ClNO3/c18-14-5-3-13(4-6-14)17(7-8-17)10-19-15(20)11-1-2-12(9-11)16(21)22/h3-6,11-12H,1-2,7-10H2,(H,19,20)(H,21,22)/t11-,12+/m0/s1. The van der Waals surface area contributed by atoms with Crippen LogP contribution < -0.4 is 5.32 Å². The lowest BCUT2D eigenvalue weighted by molar-refractivity contribution is -0.141. The SMILES string of the molecule is O=C(O)[C@@H]1CC[C@H](C(=O)NCC2(c3ccc(Cl)cc3)CC2)C1. The second-order valence-electron chi connectivity index (χ2n) is 6.55. The number of carbonyl (C=O) groups excluding carboxylic acids is 1. The Labute approximate surface area is 134 Å². The van der Waals surface area contributed by atoms with E-state index in [9.17, 15) is 9.59 Å². The summed E-state index contributed by atoms with van der Waals surface area (Å²) in [6, 6.07) is 7.81. The average molecular weight is 322 g/mol. The molecule has 0 heterocycles. The maximum absolute atomic E-state index is 12.2. The van der Waals surface area contributed by atoms with Gasteiger partial charge in [-0.15, -0.1) is 0 Å². The van der Waals surface area contributed by atoms with Crippen LogP contribution in [-0.2, 0) is 15.0 Å². The van der Waals surface area contributed by atoms with E-state index < -0.39 is 5.97 Å². The summed E-state index contributed by atoms with van der Waals surface area (Å²) in [5.41, 5.74) is 1.26. The summed E-state index contributed by atoms with van der Waals surface area (Å²) >= 11 is 5.92. The van der Waals surface area contributed by atoms with Gasteiger partial charge in [0.2, 0.25) is 5.91 Å². The first kappa shape index (κ1) is 15.3. The Kier molecular flexibility index (Phi) is 4.13. The van der Waals surface area contributed by atoms with Crippen molar-refractivity contribution in [2.75, 3.05) is 6.54 Å². The first-order chi connectivity index (χ1) is 10.5. The van der Waals surface area contributed by atoms with Crippen LogP contribution in [0.15, 0.2) is 24.3 Å². The van der Waals surface area contributed by atoms with Gasteiger partial charge in [-0.1, -0.05) is 23.7 Å². The zero-order chi connectivity index (χ0) is 15.7. The molecule has 22 heavy (non-hydrogen) atoms. The first-order valence-electron chi connectivity index (χ1n) is 7.77. The molecule has 1 amide bonds. The van der Waals surface area contributed by atoms with Gasteiger partial charge in [0.25, 0.3) is 0 Å². The van der Waals surface area contributed by atoms with E-state index >= 15 is 0 Å². The molecule has 118 valence electrons. The maximum atomic E-state index is 12.2. The van der Waals surface area contributed by atoms with Crippen molar-refractivity contribution in [3.63, 3.8) is 0 Å². The number of rotatable bonds is 5. The van der Waals surface area contributed by atoms with Gasteiger partial charge in [-0.05, 0) is 49.8 Å². The second kappa shape index (κ2) is 5.92. The van der Waals surface area contributed by atoms with Gasteiger partial charge in [0.15, 0.2) is 0 Å². The number of benzene rings is 1. The third kappa shape index (κ3) is 3.12. The van der Waals surface area contributed by atoms with Crippen molar-refractivity contribution in [1.82, 2.24) is 5.32 Å². The molecule has 0 aliphatic heterocycles. The molecule has 2 atom stereocenters. The summed E-state index contributed by atoms with van der Waals surface area (Å²) in [7, 11) is 0. The number of aliphatic carboxylic acids is 1. The fourth-order valence-corrected chi connectivity index (χ4v) is 3.49. The molecule has 0 saturated heterocycles. The van der Waals surface area contributed by atoms with E-state index in [1.165, 1.54) is 5.56 Å². The molecule has 2 saturated carbocycles. The van der Waals surface area contributed by atoms with Crippen molar-refractivity contribution >= 4 is 23.5 Å². The van der Waals surface area contributed by atoms with Crippen LogP contribution in [0.1, 0.15) is 37.7 Å². The Bertz CT molecular complexity index is 580. The predicted molar refractivity (Wildman–Crippen MR) is 83.8 cm³/mol. The van der Waals surface area contributed by atoms with E-state index in [0.717, 1.165) is 12.8 Å². The normalized spacial score (nSPS) is 25.7. The van der Waals surface area contributed by atoms with Crippen molar-refractivity contribution in [3.8, 4) is 0 Å². The van der Waals surface area contributed by atoms with Crippen LogP contribution in [0.3, 0.4) is 0 Å². The van der Waals surface area contributed by atoms with Gasteiger partial charge in [-0.3, -0.25) is 9.59 Å². The lowest BCUT2D eigenvalue weighted by Crippen LogP contribution is -2.36. The van der Waals surface area contributed by atoms with Crippen molar-refractivity contribution in [3.05, 3.63) is 34.9 Å². The molecule has 0 bridgehead atoms.